The van der Waals surface area contributed by atoms with Gasteiger partial charge in [-0.25, -0.2) is 4.98 Å². The Bertz CT molecular complexity index is 798. The summed E-state index contributed by atoms with van der Waals surface area (Å²) in [7, 11) is 0. The largest absolute Gasteiger partial charge is 0.241 e. The molecule has 1 nitrogen and oxygen atoms in total. The number of halogens is 1. The molecule has 0 aliphatic heterocycles. The second kappa shape index (κ2) is 6.08. The Hall–Kier alpha value is -1.51. The molecule has 0 atom stereocenters. The van der Waals surface area contributed by atoms with Crippen molar-refractivity contribution < 1.29 is 0 Å². The normalized spacial score (nSPS) is 11.0. The highest BCUT2D eigenvalue weighted by Crippen LogP contribution is 2.29. The topological polar surface area (TPSA) is 12.9 Å². The number of rotatable bonds is 3. The number of hydrogen-bond donors (Lipinski definition) is 0. The third-order valence-electron chi connectivity index (χ3n) is 3.44. The molecule has 0 amide bonds. The lowest BCUT2D eigenvalue weighted by molar-refractivity contribution is 1.12. The molecule has 2 aromatic carbocycles. The minimum absolute atomic E-state index is 0.819. The molecule has 0 aliphatic rings. The van der Waals surface area contributed by atoms with E-state index in [-0.39, 0.29) is 0 Å². The Morgan fingerprint density at radius 3 is 2.67 bits per heavy atom. The second-order valence-corrected chi connectivity index (χ2v) is 6.56. The van der Waals surface area contributed by atoms with E-state index in [9.17, 15) is 0 Å². The summed E-state index contributed by atoms with van der Waals surface area (Å²) < 4.78 is 0. The summed E-state index contributed by atoms with van der Waals surface area (Å²) in [5.41, 5.74) is 4.67. The van der Waals surface area contributed by atoms with Crippen molar-refractivity contribution in [2.24, 2.45) is 0 Å². The van der Waals surface area contributed by atoms with E-state index < -0.39 is 0 Å². The number of nitrogens with zero attached hydrogens (tertiary/aromatic N) is 1. The lowest BCUT2D eigenvalue weighted by Crippen LogP contribution is -1.90. The van der Waals surface area contributed by atoms with Crippen LogP contribution in [0.4, 0.5) is 0 Å². The molecular formula is C18H16ClNS. The van der Waals surface area contributed by atoms with Gasteiger partial charge in [0.25, 0.3) is 0 Å². The van der Waals surface area contributed by atoms with Crippen molar-refractivity contribution in [3.63, 3.8) is 0 Å². The van der Waals surface area contributed by atoms with Gasteiger partial charge >= 0.3 is 0 Å². The number of thioether (sulfide) groups is 1. The monoisotopic (exact) mass is 313 g/mol. The summed E-state index contributed by atoms with van der Waals surface area (Å²) in [6.07, 6.45) is 0. The van der Waals surface area contributed by atoms with Crippen LogP contribution in [0, 0.1) is 13.8 Å². The number of benzene rings is 2. The molecule has 21 heavy (non-hydrogen) atoms. The van der Waals surface area contributed by atoms with Crippen LogP contribution in [-0.4, -0.2) is 4.98 Å². The van der Waals surface area contributed by atoms with Gasteiger partial charge in [-0.1, -0.05) is 41.4 Å². The molecule has 1 heterocycles. The first kappa shape index (κ1) is 14.4. The van der Waals surface area contributed by atoms with Crippen molar-refractivity contribution in [3.8, 4) is 0 Å². The molecule has 0 unspecified atom stereocenters. The maximum absolute atomic E-state index is 6.21. The number of fused-ring (bicyclic) bond motifs is 1. The highest BCUT2D eigenvalue weighted by atomic mass is 35.5. The molecule has 3 rings (SSSR count). The number of hydrogen-bond acceptors (Lipinski definition) is 2. The Morgan fingerprint density at radius 2 is 1.86 bits per heavy atom. The van der Waals surface area contributed by atoms with Crippen LogP contribution in [-0.2, 0) is 5.75 Å². The molecule has 0 saturated heterocycles. The average Bonchev–Trinajstić information content (AvgIpc) is 2.46. The quantitative estimate of drug-likeness (QED) is 0.567. The van der Waals surface area contributed by atoms with E-state index in [2.05, 4.69) is 44.2 Å². The van der Waals surface area contributed by atoms with E-state index in [1.807, 2.05) is 18.2 Å². The molecule has 3 heteroatoms. The summed E-state index contributed by atoms with van der Waals surface area (Å²) in [6, 6.07) is 16.6. The van der Waals surface area contributed by atoms with Crippen molar-refractivity contribution in [3.05, 3.63) is 70.2 Å². The maximum atomic E-state index is 6.21. The van der Waals surface area contributed by atoms with Crippen molar-refractivity contribution in [1.29, 1.82) is 0 Å². The Labute approximate surface area is 134 Å². The minimum Gasteiger partial charge on any atom is -0.241 e. The van der Waals surface area contributed by atoms with Gasteiger partial charge in [-0.05, 0) is 49.2 Å². The smallest absolute Gasteiger partial charge is 0.1000 e. The molecule has 0 spiro atoms. The standard InChI is InChI=1S/C18H16ClNS/c1-12-7-8-17-15(9-12)10-13(2)18(20-17)21-11-14-5-3-4-6-16(14)19/h3-10H,11H2,1-2H3. The lowest BCUT2D eigenvalue weighted by atomic mass is 10.1. The van der Waals surface area contributed by atoms with Gasteiger partial charge in [-0.2, -0.15) is 0 Å². The molecule has 0 N–H and O–H groups in total. The summed E-state index contributed by atoms with van der Waals surface area (Å²) in [6.45, 7) is 4.22. The fourth-order valence-electron chi connectivity index (χ4n) is 2.29. The van der Waals surface area contributed by atoms with Crippen molar-refractivity contribution in [2.45, 2.75) is 24.6 Å². The predicted molar refractivity (Wildman–Crippen MR) is 92.2 cm³/mol. The number of pyridine rings is 1. The minimum atomic E-state index is 0.819. The van der Waals surface area contributed by atoms with Gasteiger partial charge in [-0.15, -0.1) is 11.8 Å². The zero-order valence-electron chi connectivity index (χ0n) is 12.1. The molecule has 1 aromatic heterocycles. The van der Waals surface area contributed by atoms with E-state index in [1.54, 1.807) is 11.8 Å². The van der Waals surface area contributed by atoms with Crippen LogP contribution >= 0.6 is 23.4 Å². The van der Waals surface area contributed by atoms with Gasteiger partial charge < -0.3 is 0 Å². The summed E-state index contributed by atoms with van der Waals surface area (Å²) in [5, 5.41) is 3.10. The van der Waals surface area contributed by atoms with E-state index >= 15 is 0 Å². The fourth-order valence-corrected chi connectivity index (χ4v) is 3.57. The third kappa shape index (κ3) is 3.22. The van der Waals surface area contributed by atoms with Gasteiger partial charge in [0.2, 0.25) is 0 Å². The molecule has 0 fully saturated rings. The van der Waals surface area contributed by atoms with E-state index in [0.29, 0.717) is 0 Å². The fraction of sp³-hybridized carbons (Fsp3) is 0.167. The zero-order chi connectivity index (χ0) is 14.8. The van der Waals surface area contributed by atoms with E-state index in [1.165, 1.54) is 16.5 Å². The average molecular weight is 314 g/mol. The van der Waals surface area contributed by atoms with Crippen LogP contribution in [0.1, 0.15) is 16.7 Å². The van der Waals surface area contributed by atoms with Crippen LogP contribution in [0.25, 0.3) is 10.9 Å². The van der Waals surface area contributed by atoms with Crippen LogP contribution in [0.2, 0.25) is 5.02 Å². The van der Waals surface area contributed by atoms with Crippen molar-refractivity contribution in [2.75, 3.05) is 0 Å². The predicted octanol–water partition coefficient (Wildman–Crippen LogP) is 5.80. The molecule has 3 aromatic rings. The van der Waals surface area contributed by atoms with Crippen LogP contribution in [0.5, 0.6) is 0 Å². The van der Waals surface area contributed by atoms with Gasteiger partial charge in [-0.3, -0.25) is 0 Å². The first-order valence-corrected chi connectivity index (χ1v) is 8.24. The first-order chi connectivity index (χ1) is 10.1. The summed E-state index contributed by atoms with van der Waals surface area (Å²) in [5.74, 6) is 0.838. The van der Waals surface area contributed by atoms with E-state index in [4.69, 9.17) is 16.6 Å². The second-order valence-electron chi connectivity index (χ2n) is 5.19. The molecular weight excluding hydrogens is 298 g/mol. The van der Waals surface area contributed by atoms with Crippen molar-refractivity contribution >= 4 is 34.3 Å². The highest BCUT2D eigenvalue weighted by molar-refractivity contribution is 7.98. The molecule has 106 valence electrons. The first-order valence-electron chi connectivity index (χ1n) is 6.88. The zero-order valence-corrected chi connectivity index (χ0v) is 13.6. The third-order valence-corrected chi connectivity index (χ3v) is 4.95. The highest BCUT2D eigenvalue weighted by Gasteiger charge is 2.06. The maximum Gasteiger partial charge on any atom is 0.1000 e. The Balaban J connectivity index is 1.89. The molecule has 0 radical (unpaired) electrons. The van der Waals surface area contributed by atoms with E-state index in [0.717, 1.165) is 26.9 Å². The van der Waals surface area contributed by atoms with Crippen molar-refractivity contribution in [1.82, 2.24) is 4.98 Å². The summed E-state index contributed by atoms with van der Waals surface area (Å²) >= 11 is 7.95. The number of aryl methyl sites for hydroxylation is 2. The summed E-state index contributed by atoms with van der Waals surface area (Å²) in [4.78, 5) is 4.78. The van der Waals surface area contributed by atoms with Gasteiger partial charge in [0, 0.05) is 16.2 Å². The van der Waals surface area contributed by atoms with Crippen LogP contribution < -0.4 is 0 Å². The van der Waals surface area contributed by atoms with Crippen LogP contribution in [0.3, 0.4) is 0 Å². The molecule has 0 aliphatic carbocycles. The lowest BCUT2D eigenvalue weighted by Gasteiger charge is -2.08. The molecule has 0 saturated carbocycles. The van der Waals surface area contributed by atoms with Gasteiger partial charge in [0.05, 0.1) is 10.5 Å². The Kier molecular flexibility index (Phi) is 4.18. The van der Waals surface area contributed by atoms with Gasteiger partial charge in [0.15, 0.2) is 0 Å². The van der Waals surface area contributed by atoms with Gasteiger partial charge in [0.1, 0.15) is 0 Å². The molecule has 0 bridgehead atoms. The van der Waals surface area contributed by atoms with Crippen LogP contribution in [0.15, 0.2) is 53.6 Å². The number of aromatic nitrogens is 1. The Morgan fingerprint density at radius 1 is 1.05 bits per heavy atom. The SMILES string of the molecule is Cc1ccc2nc(SCc3ccccc3Cl)c(C)cc2c1.